The lowest BCUT2D eigenvalue weighted by Crippen LogP contribution is -2.45. The van der Waals surface area contributed by atoms with E-state index in [9.17, 15) is 9.90 Å². The van der Waals surface area contributed by atoms with Crippen molar-refractivity contribution in [1.29, 1.82) is 0 Å². The molecule has 0 aliphatic carbocycles. The number of pyridine rings is 2. The van der Waals surface area contributed by atoms with Crippen molar-refractivity contribution in [3.05, 3.63) is 115 Å². The Morgan fingerprint density at radius 1 is 0.935 bits per heavy atom. The zero-order chi connectivity index (χ0) is 21.5. The van der Waals surface area contributed by atoms with Crippen LogP contribution in [0.1, 0.15) is 29.2 Å². The molecule has 1 atom stereocenters. The minimum atomic E-state index is -1.58. The summed E-state index contributed by atoms with van der Waals surface area (Å²) in [6.45, 7) is 0.443. The number of carbonyl (C=O) groups excluding carboxylic acids is 1. The fourth-order valence-corrected chi connectivity index (χ4v) is 3.63. The van der Waals surface area contributed by atoms with Gasteiger partial charge in [0.25, 0.3) is 0 Å². The average Bonchev–Trinajstić information content (AvgIpc) is 3.36. The highest BCUT2D eigenvalue weighted by atomic mass is 16.3. The van der Waals surface area contributed by atoms with Crippen LogP contribution in [0.2, 0.25) is 0 Å². The Labute approximate surface area is 180 Å². The van der Waals surface area contributed by atoms with Crippen molar-refractivity contribution in [2.24, 2.45) is 0 Å². The second-order valence-electron chi connectivity index (χ2n) is 7.18. The van der Waals surface area contributed by atoms with Gasteiger partial charge < -0.3 is 10.4 Å². The van der Waals surface area contributed by atoms with Crippen LogP contribution in [0.15, 0.2) is 97.8 Å². The zero-order valence-corrected chi connectivity index (χ0v) is 16.9. The Morgan fingerprint density at radius 2 is 1.61 bits per heavy atom. The SMILES string of the molecule is O=C(CCn1cccn1)N[C@H](c1ccccc1)C(O)(c1cccnc1)c1cccnc1. The maximum atomic E-state index is 12.9. The minimum Gasteiger partial charge on any atom is -0.378 e. The molecule has 0 saturated heterocycles. The van der Waals surface area contributed by atoms with Crippen LogP contribution in [0.5, 0.6) is 0 Å². The molecule has 2 N–H and O–H groups in total. The van der Waals surface area contributed by atoms with Gasteiger partial charge in [0.05, 0.1) is 6.04 Å². The first kappa shape index (κ1) is 20.4. The Kier molecular flexibility index (Phi) is 6.14. The summed E-state index contributed by atoms with van der Waals surface area (Å²) in [7, 11) is 0. The van der Waals surface area contributed by atoms with Gasteiger partial charge in [-0.3, -0.25) is 19.4 Å². The predicted octanol–water partition coefficient (Wildman–Crippen LogP) is 2.86. The summed E-state index contributed by atoms with van der Waals surface area (Å²) in [5, 5.41) is 19.3. The number of carbonyl (C=O) groups is 1. The number of nitrogens with one attached hydrogen (secondary N) is 1. The van der Waals surface area contributed by atoms with E-state index < -0.39 is 11.6 Å². The summed E-state index contributed by atoms with van der Waals surface area (Å²) in [6.07, 6.45) is 10.2. The molecule has 3 heterocycles. The summed E-state index contributed by atoms with van der Waals surface area (Å²) in [5.74, 6) is -0.199. The van der Waals surface area contributed by atoms with E-state index in [0.717, 1.165) is 5.56 Å². The van der Waals surface area contributed by atoms with Crippen LogP contribution < -0.4 is 5.32 Å². The molecule has 3 aromatic heterocycles. The van der Waals surface area contributed by atoms with Gasteiger partial charge >= 0.3 is 0 Å². The van der Waals surface area contributed by atoms with Crippen LogP contribution in [0.25, 0.3) is 0 Å². The molecule has 0 bridgehead atoms. The van der Waals surface area contributed by atoms with E-state index in [0.29, 0.717) is 17.7 Å². The van der Waals surface area contributed by atoms with Gasteiger partial charge in [0.2, 0.25) is 5.91 Å². The summed E-state index contributed by atoms with van der Waals surface area (Å²) >= 11 is 0. The van der Waals surface area contributed by atoms with E-state index in [4.69, 9.17) is 0 Å². The van der Waals surface area contributed by atoms with Crippen LogP contribution in [-0.4, -0.2) is 30.8 Å². The molecule has 0 radical (unpaired) electrons. The second-order valence-corrected chi connectivity index (χ2v) is 7.18. The highest BCUT2D eigenvalue weighted by Gasteiger charge is 2.42. The lowest BCUT2D eigenvalue weighted by molar-refractivity contribution is -0.124. The van der Waals surface area contributed by atoms with Crippen molar-refractivity contribution in [3.8, 4) is 0 Å². The third-order valence-electron chi connectivity index (χ3n) is 5.19. The summed E-state index contributed by atoms with van der Waals surface area (Å²) in [6, 6.07) is 17.6. The molecule has 7 heteroatoms. The lowest BCUT2D eigenvalue weighted by Gasteiger charge is -2.37. The standard InChI is InChI=1S/C24H23N5O2/c30-22(11-16-29-15-6-14-27-29)28-23(19-7-2-1-3-8-19)24(31,20-9-4-12-25-17-20)21-10-5-13-26-18-21/h1-10,12-15,17-18,23,31H,11,16H2,(H,28,30)/t23-/m1/s1. The van der Waals surface area contributed by atoms with E-state index in [-0.39, 0.29) is 12.3 Å². The fraction of sp³-hybridized carbons (Fsp3) is 0.167. The van der Waals surface area contributed by atoms with Gasteiger partial charge in [-0.25, -0.2) is 0 Å². The molecule has 1 amide bonds. The molecule has 156 valence electrons. The van der Waals surface area contributed by atoms with Crippen LogP contribution >= 0.6 is 0 Å². The summed E-state index contributed by atoms with van der Waals surface area (Å²) < 4.78 is 1.70. The smallest absolute Gasteiger partial charge is 0.222 e. The largest absolute Gasteiger partial charge is 0.378 e. The van der Waals surface area contributed by atoms with E-state index in [2.05, 4.69) is 20.4 Å². The zero-order valence-electron chi connectivity index (χ0n) is 16.9. The van der Waals surface area contributed by atoms with Gasteiger partial charge in [-0.2, -0.15) is 5.10 Å². The third-order valence-corrected chi connectivity index (χ3v) is 5.19. The van der Waals surface area contributed by atoms with Gasteiger partial charge in [-0.1, -0.05) is 42.5 Å². The molecule has 4 rings (SSSR count). The molecule has 1 aromatic carbocycles. The topological polar surface area (TPSA) is 92.9 Å². The first-order valence-corrected chi connectivity index (χ1v) is 10.0. The first-order chi connectivity index (χ1) is 15.2. The molecule has 0 fully saturated rings. The normalized spacial score (nSPS) is 12.3. The van der Waals surface area contributed by atoms with E-state index in [1.807, 2.05) is 42.6 Å². The molecule has 0 spiro atoms. The average molecular weight is 413 g/mol. The van der Waals surface area contributed by atoms with Crippen molar-refractivity contribution in [2.45, 2.75) is 24.6 Å². The van der Waals surface area contributed by atoms with Crippen LogP contribution in [-0.2, 0) is 16.9 Å². The maximum absolute atomic E-state index is 12.9. The summed E-state index contributed by atoms with van der Waals surface area (Å²) in [4.78, 5) is 21.3. The fourth-order valence-electron chi connectivity index (χ4n) is 3.63. The molecule has 7 nitrogen and oxygen atoms in total. The van der Waals surface area contributed by atoms with E-state index in [1.165, 1.54) is 0 Å². The van der Waals surface area contributed by atoms with Crippen molar-refractivity contribution in [2.75, 3.05) is 0 Å². The lowest BCUT2D eigenvalue weighted by atomic mass is 9.78. The quantitative estimate of drug-likeness (QED) is 0.463. The molecule has 0 unspecified atom stereocenters. The number of hydrogen-bond donors (Lipinski definition) is 2. The number of rotatable bonds is 8. The number of aliphatic hydroxyl groups is 1. The number of nitrogens with zero attached hydrogens (tertiary/aromatic N) is 4. The Balaban J connectivity index is 1.73. The molecule has 0 aliphatic rings. The van der Waals surface area contributed by atoms with Crippen molar-refractivity contribution in [3.63, 3.8) is 0 Å². The van der Waals surface area contributed by atoms with Crippen molar-refractivity contribution >= 4 is 5.91 Å². The number of hydrogen-bond acceptors (Lipinski definition) is 5. The third kappa shape index (κ3) is 4.51. The first-order valence-electron chi connectivity index (χ1n) is 10.0. The highest BCUT2D eigenvalue weighted by Crippen LogP contribution is 2.40. The Bertz CT molecular complexity index is 1050. The molecular weight excluding hydrogens is 390 g/mol. The number of aryl methyl sites for hydroxylation is 1. The second kappa shape index (κ2) is 9.32. The molecule has 0 aliphatic heterocycles. The van der Waals surface area contributed by atoms with Crippen molar-refractivity contribution < 1.29 is 9.90 Å². The van der Waals surface area contributed by atoms with Gasteiger partial charge in [0, 0.05) is 61.3 Å². The van der Waals surface area contributed by atoms with Gasteiger partial charge in [0.1, 0.15) is 5.60 Å². The van der Waals surface area contributed by atoms with Crippen LogP contribution in [0.4, 0.5) is 0 Å². The summed E-state index contributed by atoms with van der Waals surface area (Å²) in [5.41, 5.74) is 0.309. The minimum absolute atomic E-state index is 0.199. The maximum Gasteiger partial charge on any atom is 0.222 e. The molecule has 31 heavy (non-hydrogen) atoms. The van der Waals surface area contributed by atoms with Crippen molar-refractivity contribution in [1.82, 2.24) is 25.1 Å². The molecule has 4 aromatic rings. The van der Waals surface area contributed by atoms with Gasteiger partial charge in [0.15, 0.2) is 0 Å². The monoisotopic (exact) mass is 413 g/mol. The molecule has 0 saturated carbocycles. The van der Waals surface area contributed by atoms with Gasteiger partial charge in [-0.05, 0) is 23.8 Å². The Morgan fingerprint density at radius 3 is 2.16 bits per heavy atom. The molecular formula is C24H23N5O2. The number of benzene rings is 1. The van der Waals surface area contributed by atoms with E-state index in [1.54, 1.807) is 59.9 Å². The van der Waals surface area contributed by atoms with Crippen LogP contribution in [0, 0.1) is 0 Å². The highest BCUT2D eigenvalue weighted by molar-refractivity contribution is 5.76. The number of aromatic nitrogens is 4. The Hall–Kier alpha value is -3.84. The predicted molar refractivity (Wildman–Crippen MR) is 116 cm³/mol. The van der Waals surface area contributed by atoms with E-state index >= 15 is 0 Å². The van der Waals surface area contributed by atoms with Crippen LogP contribution in [0.3, 0.4) is 0 Å². The van der Waals surface area contributed by atoms with Gasteiger partial charge in [-0.15, -0.1) is 0 Å². The number of amides is 1.